The van der Waals surface area contributed by atoms with Crippen molar-refractivity contribution in [3.63, 3.8) is 0 Å². The third-order valence-corrected chi connectivity index (χ3v) is 21.4. The molecule has 3 saturated heterocycles. The first-order valence-electron chi connectivity index (χ1n) is 28.2. The summed E-state index contributed by atoms with van der Waals surface area (Å²) < 4.78 is 49.0. The van der Waals surface area contributed by atoms with Crippen LogP contribution in [0.1, 0.15) is 114 Å². The van der Waals surface area contributed by atoms with E-state index in [1.807, 2.05) is 20.8 Å². The van der Waals surface area contributed by atoms with Crippen molar-refractivity contribution in [2.45, 2.75) is 225 Å². The van der Waals surface area contributed by atoms with E-state index in [0.29, 0.717) is 43.3 Å². The highest BCUT2D eigenvalue weighted by Gasteiger charge is 2.74. The lowest BCUT2D eigenvalue weighted by molar-refractivity contribution is -0.387. The zero-order chi connectivity index (χ0) is 59.1. The molecule has 4 saturated carbocycles. The number of carboxylic acids is 1. The molecule has 12 N–H and O–H groups in total. The quantitative estimate of drug-likeness (QED) is 0.0453. The summed E-state index contributed by atoms with van der Waals surface area (Å²) >= 11 is 0. The lowest BCUT2D eigenvalue weighted by Crippen LogP contribution is -2.72. The molecule has 0 aromatic carbocycles. The maximum atomic E-state index is 13.8. The normalized spacial score (nSPS) is 49.3. The minimum absolute atomic E-state index is 0.0864. The van der Waals surface area contributed by atoms with Gasteiger partial charge in [0.2, 0.25) is 0 Å². The van der Waals surface area contributed by atoms with Crippen molar-refractivity contribution in [1.29, 1.82) is 0 Å². The first-order valence-corrected chi connectivity index (χ1v) is 28.2. The van der Waals surface area contributed by atoms with Gasteiger partial charge in [0.15, 0.2) is 31.1 Å². The third-order valence-electron chi connectivity index (χ3n) is 21.4. The zero-order valence-electron chi connectivity index (χ0n) is 47.5. The topological polar surface area (TPSA) is 368 Å². The Morgan fingerprint density at radius 3 is 1.73 bits per heavy atom. The maximum Gasteiger partial charge on any atom is 0.335 e. The number of hydrogen-bond acceptors (Lipinski definition) is 22. The molecule has 0 amide bonds. The maximum absolute atomic E-state index is 13.8. The van der Waals surface area contributed by atoms with E-state index in [1.54, 1.807) is 39.8 Å². The molecule has 3 aliphatic heterocycles. The van der Waals surface area contributed by atoms with Crippen molar-refractivity contribution in [2.75, 3.05) is 26.4 Å². The fourth-order valence-electron chi connectivity index (χ4n) is 16.2. The molecule has 26 atom stereocenters. The van der Waals surface area contributed by atoms with E-state index in [2.05, 4.69) is 26.8 Å². The van der Waals surface area contributed by atoms with Crippen molar-refractivity contribution in [3.8, 4) is 0 Å². The van der Waals surface area contributed by atoms with Crippen LogP contribution in [0.15, 0.2) is 34.9 Å². The first kappa shape index (κ1) is 63.0. The van der Waals surface area contributed by atoms with Crippen molar-refractivity contribution in [2.24, 2.45) is 50.2 Å². The van der Waals surface area contributed by atoms with E-state index < -0.39 is 193 Å². The van der Waals surface area contributed by atoms with E-state index in [0.717, 1.165) is 5.57 Å². The first-order chi connectivity index (χ1) is 37.5. The average molecular weight is 1140 g/mol. The number of aliphatic carboxylic acids is 1. The molecule has 0 aromatic heterocycles. The third kappa shape index (κ3) is 9.95. The van der Waals surface area contributed by atoms with E-state index >= 15 is 0 Å². The number of carbonyl (C=O) groups is 3. The lowest BCUT2D eigenvalue weighted by Gasteiger charge is -2.72. The Kier molecular flexibility index (Phi) is 18.2. The van der Waals surface area contributed by atoms with Crippen LogP contribution in [0.3, 0.4) is 0 Å². The molecule has 0 bridgehead atoms. The molecule has 5 aliphatic carbocycles. The van der Waals surface area contributed by atoms with Gasteiger partial charge >= 0.3 is 17.9 Å². The van der Waals surface area contributed by atoms with E-state index in [1.165, 1.54) is 0 Å². The van der Waals surface area contributed by atoms with Crippen molar-refractivity contribution < 1.29 is 114 Å². The summed E-state index contributed by atoms with van der Waals surface area (Å²) in [6.45, 7) is 16.4. The molecule has 7 fully saturated rings. The molecule has 0 aromatic rings. The van der Waals surface area contributed by atoms with Gasteiger partial charge in [0.1, 0.15) is 67.1 Å². The Balaban J connectivity index is 1.14. The predicted octanol–water partition coefficient (Wildman–Crippen LogP) is 0.264. The van der Waals surface area contributed by atoms with Gasteiger partial charge in [-0.1, -0.05) is 65.3 Å². The summed E-state index contributed by atoms with van der Waals surface area (Å²) in [5.41, 5.74) is -3.55. The fourth-order valence-corrected chi connectivity index (χ4v) is 16.2. The number of carbonyl (C=O) groups excluding carboxylic acids is 2. The summed E-state index contributed by atoms with van der Waals surface area (Å²) in [6, 6.07) is 0. The van der Waals surface area contributed by atoms with E-state index in [4.69, 9.17) is 37.9 Å². The van der Waals surface area contributed by atoms with Gasteiger partial charge in [-0.15, -0.1) is 0 Å². The van der Waals surface area contributed by atoms with Gasteiger partial charge in [-0.2, -0.15) is 0 Å². The van der Waals surface area contributed by atoms with Gasteiger partial charge < -0.3 is 99.2 Å². The highest BCUT2D eigenvalue weighted by Crippen LogP contribution is 2.76. The second-order valence-electron chi connectivity index (χ2n) is 25.8. The molecular formula is C57H88O23. The highest BCUT2D eigenvalue weighted by atomic mass is 16.8. The van der Waals surface area contributed by atoms with Crippen LogP contribution in [0.5, 0.6) is 0 Å². The molecule has 3 heterocycles. The molecular weight excluding hydrogens is 1050 g/mol. The smallest absolute Gasteiger partial charge is 0.335 e. The monoisotopic (exact) mass is 1140 g/mol. The molecule has 0 radical (unpaired) electrons. The van der Waals surface area contributed by atoms with Crippen LogP contribution in [0.2, 0.25) is 0 Å². The minimum atomic E-state index is -2.15. The average Bonchev–Trinajstić information content (AvgIpc) is 3.85. The van der Waals surface area contributed by atoms with Crippen LogP contribution in [0.25, 0.3) is 0 Å². The molecule has 0 unspecified atom stereocenters. The van der Waals surface area contributed by atoms with Gasteiger partial charge in [-0.25, -0.2) is 14.4 Å². The number of fused-ring (bicyclic) bond motifs is 7. The molecule has 8 rings (SSSR count). The molecule has 23 heteroatoms. The second kappa shape index (κ2) is 23.1. The Bertz CT molecular complexity index is 2380. The Labute approximate surface area is 466 Å². The number of allylic oxidation sites excluding steroid dienone is 4. The zero-order valence-corrected chi connectivity index (χ0v) is 47.5. The molecule has 0 spiro atoms. The van der Waals surface area contributed by atoms with Crippen LogP contribution in [0, 0.1) is 50.2 Å². The second-order valence-corrected chi connectivity index (χ2v) is 25.8. The minimum Gasteiger partial charge on any atom is -0.479 e. The number of aliphatic hydroxyl groups is 11. The Morgan fingerprint density at radius 2 is 1.19 bits per heavy atom. The van der Waals surface area contributed by atoms with Crippen LogP contribution in [-0.4, -0.2) is 216 Å². The van der Waals surface area contributed by atoms with Gasteiger partial charge in [0, 0.05) is 22.0 Å². The Hall–Kier alpha value is -3.05. The molecule has 80 heavy (non-hydrogen) atoms. The van der Waals surface area contributed by atoms with Crippen LogP contribution in [0.4, 0.5) is 0 Å². The van der Waals surface area contributed by atoms with Crippen LogP contribution < -0.4 is 0 Å². The lowest BCUT2D eigenvalue weighted by atomic mass is 9.33. The largest absolute Gasteiger partial charge is 0.479 e. The Morgan fingerprint density at radius 1 is 0.637 bits per heavy atom. The number of ether oxygens (including phenoxy) is 8. The van der Waals surface area contributed by atoms with Crippen molar-refractivity contribution in [1.82, 2.24) is 0 Å². The number of hydrogen-bond donors (Lipinski definition) is 12. The van der Waals surface area contributed by atoms with Crippen molar-refractivity contribution >= 4 is 17.9 Å². The van der Waals surface area contributed by atoms with E-state index in [-0.39, 0.29) is 24.7 Å². The van der Waals surface area contributed by atoms with Crippen LogP contribution >= 0.6 is 0 Å². The number of rotatable bonds is 15. The van der Waals surface area contributed by atoms with E-state index in [9.17, 15) is 75.7 Å². The summed E-state index contributed by atoms with van der Waals surface area (Å²) in [6.07, 6.45) is -21.9. The fraction of sp³-hybridized carbons (Fsp3) is 0.842. The summed E-state index contributed by atoms with van der Waals surface area (Å²) in [7, 11) is 0. The highest BCUT2D eigenvalue weighted by molar-refractivity contribution is 5.89. The number of aliphatic hydroxyl groups excluding tert-OH is 11. The van der Waals surface area contributed by atoms with Gasteiger partial charge in [0.25, 0.3) is 0 Å². The van der Waals surface area contributed by atoms with Crippen LogP contribution in [-0.2, 0) is 52.3 Å². The standard InChI is InChI=1S/C57H88O23/c1-11-25(3)47(71)79-44-45(80-48(72)26(4)12-2)57(24-61)28(19-52(44,5)6)27-13-14-32-53(7)17-16-34(54(8,23-60)31(53)15-18-55(32,9)56(27,10)20-33(57)62)75-51-43(78-50-39(67)37(65)35(63)29(21-58)73-50)41(40(68)42(77-51)46(69)70)76-49-38(66)36(64)30(22-59)74-49/h11-13,28-45,49-51,58-68H,14-24H2,1-10H3,(H,69,70)/b25-11-,26-12-/t28-,29+,30+,31-,32-,33+,34-,35-,36-,37+,38-,39-,40+,41-,42+,43-,44-,45-,49-,50-,51-,53+,54-,55-,56-,57+/m1/s1. The molecule has 8 aliphatic rings. The SMILES string of the molecule is C/C=C(/C)C(=O)O[C@@H]1[C@@H](OC(=O)/C(C)=C\C)[C@@]2(CO)[C@H](CC1(C)C)C1=CC[C@@H]3[C@@]4(C)CC[C@@H](O[C@@H]5O[C@H](C(=O)O)[C@@H](O)[C@@H](O[C@H]6O[C@@H](CO)[C@@H](O)[C@H]6O)[C@H]5O[C@H]5O[C@@H](CO)[C@@H](O)[C@H](O)[C@H]5O)[C@](C)(CO)[C@@H]4CC[C@@]3(C)[C@]1(C)C[C@@H]2O. The number of carboxylic acid groups (broad SMARTS) is 1. The summed E-state index contributed by atoms with van der Waals surface area (Å²) in [4.78, 5) is 40.3. The molecule has 23 nitrogen and oxygen atoms in total. The van der Waals surface area contributed by atoms with Crippen molar-refractivity contribution in [3.05, 3.63) is 34.9 Å². The van der Waals surface area contributed by atoms with Gasteiger partial charge in [-0.3, -0.25) is 0 Å². The van der Waals surface area contributed by atoms with Gasteiger partial charge in [0.05, 0.1) is 44.1 Å². The predicted molar refractivity (Wildman–Crippen MR) is 277 cm³/mol. The number of esters is 2. The van der Waals surface area contributed by atoms with Gasteiger partial charge in [-0.05, 0) is 107 Å². The summed E-state index contributed by atoms with van der Waals surface area (Å²) in [5.74, 6) is -3.87. The molecule has 454 valence electrons. The summed E-state index contributed by atoms with van der Waals surface area (Å²) in [5, 5.41) is 133.